The first-order valence-corrected chi connectivity index (χ1v) is 7.53. The van der Waals surface area contributed by atoms with Gasteiger partial charge in [-0.15, -0.1) is 0 Å². The van der Waals surface area contributed by atoms with Crippen LogP contribution in [0.15, 0.2) is 0 Å². The molecule has 0 rings (SSSR count). The average Bonchev–Trinajstić information content (AvgIpc) is 2.31. The zero-order valence-corrected chi connectivity index (χ0v) is 12.2. The molecule has 0 aromatic heterocycles. The van der Waals surface area contributed by atoms with Gasteiger partial charge in [0.25, 0.3) is 0 Å². The van der Waals surface area contributed by atoms with Gasteiger partial charge in [0, 0.05) is 0 Å². The Morgan fingerprint density at radius 2 is 1.32 bits per heavy atom. The zero-order valence-electron chi connectivity index (χ0n) is 12.2. The van der Waals surface area contributed by atoms with E-state index in [2.05, 4.69) is 6.92 Å². The number of unbranched alkanes of at least 4 members (excludes halogenated alkanes) is 9. The van der Waals surface area contributed by atoms with Gasteiger partial charge in [-0.2, -0.15) is 0 Å². The summed E-state index contributed by atoms with van der Waals surface area (Å²) >= 11 is 0. The zero-order chi connectivity index (χ0) is 13.9. The van der Waals surface area contributed by atoms with Crippen molar-refractivity contribution in [2.75, 3.05) is 0 Å². The van der Waals surface area contributed by atoms with Gasteiger partial charge in [-0.1, -0.05) is 71.1 Å². The van der Waals surface area contributed by atoms with Crippen LogP contribution in [-0.4, -0.2) is 46.2 Å². The number of hydrogen-bond donors (Lipinski definition) is 2. The van der Waals surface area contributed by atoms with Crippen LogP contribution in [0.1, 0.15) is 84.5 Å². The summed E-state index contributed by atoms with van der Waals surface area (Å²) in [4.78, 5) is 10.8. The van der Waals surface area contributed by atoms with Crippen LogP contribution in [0.25, 0.3) is 0 Å². The summed E-state index contributed by atoms with van der Waals surface area (Å²) in [7, 11) is 0. The second-order valence-electron chi connectivity index (χ2n) is 5.65. The van der Waals surface area contributed by atoms with E-state index >= 15 is 0 Å². The van der Waals surface area contributed by atoms with Gasteiger partial charge < -0.3 is 10.8 Å². The summed E-state index contributed by atoms with van der Waals surface area (Å²) in [6.07, 6.45) is 13.2. The van der Waals surface area contributed by atoms with Gasteiger partial charge in [-0.05, 0) is 13.3 Å². The molecular weight excluding hydrogens is 249 g/mol. The Bertz CT molecular complexity index is 220. The van der Waals surface area contributed by atoms with E-state index in [9.17, 15) is 4.79 Å². The van der Waals surface area contributed by atoms with Gasteiger partial charge >= 0.3 is 35.5 Å². The fourth-order valence-electron chi connectivity index (χ4n) is 2.09. The molecule has 0 aromatic carbocycles. The van der Waals surface area contributed by atoms with Crippen LogP contribution in [0, 0.1) is 0 Å². The van der Waals surface area contributed by atoms with E-state index in [1.165, 1.54) is 51.4 Å². The van der Waals surface area contributed by atoms with E-state index in [4.69, 9.17) is 10.8 Å². The first-order valence-electron chi connectivity index (χ1n) is 7.53. The van der Waals surface area contributed by atoms with Crippen LogP contribution in [-0.2, 0) is 4.79 Å². The quantitative estimate of drug-likeness (QED) is 0.425. The number of carboxylic acids is 1. The fraction of sp³-hybridized carbons (Fsp3) is 0.933. The van der Waals surface area contributed by atoms with Crippen molar-refractivity contribution in [3.63, 3.8) is 0 Å². The van der Waals surface area contributed by atoms with Crippen LogP contribution in [0.2, 0.25) is 0 Å². The summed E-state index contributed by atoms with van der Waals surface area (Å²) in [6.45, 7) is 3.84. The number of hydrogen-bond acceptors (Lipinski definition) is 2. The molecule has 0 amide bonds. The third kappa shape index (κ3) is 13.2. The van der Waals surface area contributed by atoms with Crippen LogP contribution in [0.5, 0.6) is 0 Å². The molecule has 0 aliphatic heterocycles. The van der Waals surface area contributed by atoms with Gasteiger partial charge in [-0.25, -0.2) is 0 Å². The molecule has 0 radical (unpaired) electrons. The molecule has 0 heterocycles. The van der Waals surface area contributed by atoms with Crippen molar-refractivity contribution >= 4 is 35.5 Å². The monoisotopic (exact) mass is 281 g/mol. The number of carbonyl (C=O) groups is 1. The Labute approximate surface area is 141 Å². The molecule has 19 heavy (non-hydrogen) atoms. The Morgan fingerprint density at radius 3 is 1.68 bits per heavy atom. The summed E-state index contributed by atoms with van der Waals surface area (Å²) in [6, 6.07) is 0. The van der Waals surface area contributed by atoms with E-state index in [1.807, 2.05) is 0 Å². The number of rotatable bonds is 12. The molecule has 1 unspecified atom stereocenters. The van der Waals surface area contributed by atoms with E-state index in [0.717, 1.165) is 12.8 Å². The van der Waals surface area contributed by atoms with Gasteiger partial charge in [0.2, 0.25) is 0 Å². The van der Waals surface area contributed by atoms with E-state index in [1.54, 1.807) is 6.92 Å². The van der Waals surface area contributed by atoms with Gasteiger partial charge in [0.1, 0.15) is 5.54 Å². The molecule has 0 aliphatic rings. The van der Waals surface area contributed by atoms with Crippen molar-refractivity contribution in [1.29, 1.82) is 0 Å². The summed E-state index contributed by atoms with van der Waals surface area (Å²) in [5.41, 5.74) is 4.63. The van der Waals surface area contributed by atoms with Crippen LogP contribution < -0.4 is 5.73 Å². The molecule has 0 saturated carbocycles. The van der Waals surface area contributed by atoms with Crippen LogP contribution >= 0.6 is 0 Å². The maximum atomic E-state index is 10.8. The summed E-state index contributed by atoms with van der Waals surface area (Å²) in [5.74, 6) is -0.890. The third-order valence-corrected chi connectivity index (χ3v) is 3.54. The number of aliphatic carboxylic acids is 1. The molecule has 0 saturated heterocycles. The first kappa shape index (κ1) is 21.7. The second kappa shape index (κ2) is 13.4. The maximum absolute atomic E-state index is 10.8. The van der Waals surface area contributed by atoms with Crippen molar-refractivity contribution < 1.29 is 9.90 Å². The van der Waals surface area contributed by atoms with Crippen molar-refractivity contribution in [2.24, 2.45) is 5.73 Å². The van der Waals surface area contributed by atoms with Crippen LogP contribution in [0.3, 0.4) is 0 Å². The van der Waals surface area contributed by atoms with Crippen molar-refractivity contribution in [3.05, 3.63) is 0 Å². The molecule has 0 spiro atoms. The average molecular weight is 281 g/mol. The van der Waals surface area contributed by atoms with Gasteiger partial charge in [-0.3, -0.25) is 4.79 Å². The van der Waals surface area contributed by atoms with Gasteiger partial charge in [0.05, 0.1) is 0 Å². The molecule has 3 nitrogen and oxygen atoms in total. The van der Waals surface area contributed by atoms with Crippen molar-refractivity contribution in [3.8, 4) is 0 Å². The van der Waals surface area contributed by atoms with Gasteiger partial charge in [0.15, 0.2) is 0 Å². The summed E-state index contributed by atoms with van der Waals surface area (Å²) in [5, 5.41) is 8.86. The van der Waals surface area contributed by atoms with E-state index in [-0.39, 0.29) is 29.6 Å². The normalized spacial score (nSPS) is 13.6. The second-order valence-corrected chi connectivity index (χ2v) is 5.65. The standard InChI is InChI=1S/C15H31NO2.Na.H/c1-3-4-5-6-7-8-9-10-11-12-13-15(2,16)14(17)18;;/h3-13,16H2,1-2H3,(H,17,18);;. The molecular formula is C15H32NNaO2. The van der Waals surface area contributed by atoms with Crippen LogP contribution in [0.4, 0.5) is 0 Å². The van der Waals surface area contributed by atoms with E-state index in [0.29, 0.717) is 6.42 Å². The predicted molar refractivity (Wildman–Crippen MR) is 83.8 cm³/mol. The third-order valence-electron chi connectivity index (χ3n) is 3.54. The summed E-state index contributed by atoms with van der Waals surface area (Å²) < 4.78 is 0. The molecule has 110 valence electrons. The Hall–Kier alpha value is 0.430. The topological polar surface area (TPSA) is 63.3 Å². The molecule has 0 aromatic rings. The van der Waals surface area contributed by atoms with Crippen molar-refractivity contribution in [1.82, 2.24) is 0 Å². The molecule has 3 N–H and O–H groups in total. The first-order chi connectivity index (χ1) is 8.50. The minimum absolute atomic E-state index is 0. The van der Waals surface area contributed by atoms with Crippen molar-refractivity contribution in [2.45, 2.75) is 90.0 Å². The number of carboxylic acid groups (broad SMARTS) is 1. The Kier molecular flexibility index (Phi) is 15.3. The predicted octanol–water partition coefficient (Wildman–Crippen LogP) is 3.45. The van der Waals surface area contributed by atoms with E-state index < -0.39 is 11.5 Å². The molecule has 0 aliphatic carbocycles. The SMILES string of the molecule is CCCCCCCCCCCCC(C)(N)C(=O)O.[NaH]. The molecule has 0 bridgehead atoms. The number of nitrogens with two attached hydrogens (primary N) is 1. The molecule has 0 fully saturated rings. The fourth-order valence-corrected chi connectivity index (χ4v) is 2.09. The Balaban J connectivity index is 0. The molecule has 1 atom stereocenters. The minimum atomic E-state index is -1.04. The Morgan fingerprint density at radius 1 is 0.947 bits per heavy atom. The molecule has 4 heteroatoms.